The van der Waals surface area contributed by atoms with Crippen molar-refractivity contribution in [3.05, 3.63) is 11.7 Å². The molecule has 1 aromatic rings. The number of carbonyl (C=O) groups is 2. The highest BCUT2D eigenvalue weighted by Gasteiger charge is 2.49. The van der Waals surface area contributed by atoms with Gasteiger partial charge in [-0.2, -0.15) is 18.5 Å². The Morgan fingerprint density at radius 2 is 2.21 bits per heavy atom. The molecule has 2 fully saturated rings. The number of hydrogen-bond donors (Lipinski definition) is 1. The lowest BCUT2D eigenvalue weighted by Crippen LogP contribution is -2.35. The Bertz CT molecular complexity index is 762. The summed E-state index contributed by atoms with van der Waals surface area (Å²) >= 11 is 0. The van der Waals surface area contributed by atoms with E-state index in [2.05, 4.69) is 14.4 Å². The van der Waals surface area contributed by atoms with Crippen LogP contribution in [0.15, 0.2) is 4.52 Å². The normalized spacial score (nSPS) is 23.7. The van der Waals surface area contributed by atoms with Gasteiger partial charge in [-0.05, 0) is 24.9 Å². The van der Waals surface area contributed by atoms with Crippen LogP contribution in [0.1, 0.15) is 42.3 Å². The van der Waals surface area contributed by atoms with E-state index in [1.807, 2.05) is 0 Å². The molecule has 3 heterocycles. The standard InChI is InChI=1S/C11H14N4O8S/c1-2-21-10(16)8-12-9(22-13-8)7-4-3-6-5-14(7)11(17)15(6)23-24(18,19)20/h6-7H,2-5H2,1H3,(H,18,19,20)/t6?,7-/m0/s1. The Morgan fingerprint density at radius 1 is 1.46 bits per heavy atom. The smallest absolute Gasteiger partial charge is 0.418 e. The molecule has 132 valence electrons. The van der Waals surface area contributed by atoms with Gasteiger partial charge in [0.25, 0.3) is 5.82 Å². The van der Waals surface area contributed by atoms with Crippen molar-refractivity contribution in [2.75, 3.05) is 13.2 Å². The van der Waals surface area contributed by atoms with Crippen molar-refractivity contribution in [3.8, 4) is 0 Å². The van der Waals surface area contributed by atoms with E-state index in [0.717, 1.165) is 0 Å². The predicted octanol–water partition coefficient (Wildman–Crippen LogP) is -0.0782. The van der Waals surface area contributed by atoms with Gasteiger partial charge in [-0.25, -0.2) is 9.59 Å². The van der Waals surface area contributed by atoms with Crippen molar-refractivity contribution < 1.29 is 36.1 Å². The van der Waals surface area contributed by atoms with Crippen LogP contribution in [0.5, 0.6) is 0 Å². The summed E-state index contributed by atoms with van der Waals surface area (Å²) in [4.78, 5) is 29.0. The Kier molecular flexibility index (Phi) is 4.15. The number of ether oxygens (including phenoxy) is 1. The van der Waals surface area contributed by atoms with Gasteiger partial charge in [0, 0.05) is 6.54 Å². The van der Waals surface area contributed by atoms with E-state index < -0.39 is 34.5 Å². The molecule has 2 bridgehead atoms. The zero-order chi connectivity index (χ0) is 17.5. The molecule has 13 heteroatoms. The molecule has 0 spiro atoms. The second-order valence-electron chi connectivity index (χ2n) is 5.19. The van der Waals surface area contributed by atoms with Crippen LogP contribution in [0.4, 0.5) is 4.79 Å². The molecule has 2 aliphatic rings. The molecule has 2 amide bonds. The number of piperidine rings is 1. The number of esters is 1. The molecule has 0 aromatic carbocycles. The van der Waals surface area contributed by atoms with Gasteiger partial charge in [-0.3, -0.25) is 4.55 Å². The highest BCUT2D eigenvalue weighted by molar-refractivity contribution is 7.80. The number of urea groups is 1. The fourth-order valence-corrected chi connectivity index (χ4v) is 3.13. The maximum absolute atomic E-state index is 12.3. The van der Waals surface area contributed by atoms with Crippen LogP contribution in [0, 0.1) is 0 Å². The van der Waals surface area contributed by atoms with Gasteiger partial charge in [0.2, 0.25) is 5.89 Å². The number of rotatable bonds is 5. The average molecular weight is 362 g/mol. The van der Waals surface area contributed by atoms with Gasteiger partial charge in [-0.15, -0.1) is 4.28 Å². The molecule has 24 heavy (non-hydrogen) atoms. The van der Waals surface area contributed by atoms with Gasteiger partial charge >= 0.3 is 22.4 Å². The lowest BCUT2D eigenvalue weighted by atomic mass is 10.0. The minimum Gasteiger partial charge on any atom is -0.460 e. The second kappa shape index (κ2) is 5.99. The van der Waals surface area contributed by atoms with Crippen molar-refractivity contribution >= 4 is 22.4 Å². The van der Waals surface area contributed by atoms with E-state index >= 15 is 0 Å². The van der Waals surface area contributed by atoms with Gasteiger partial charge in [0.05, 0.1) is 12.6 Å². The van der Waals surface area contributed by atoms with Crippen LogP contribution < -0.4 is 0 Å². The molecule has 0 radical (unpaired) electrons. The Labute approximate surface area is 136 Å². The first-order valence-corrected chi connectivity index (χ1v) is 8.44. The lowest BCUT2D eigenvalue weighted by molar-refractivity contribution is -0.0317. The summed E-state index contributed by atoms with van der Waals surface area (Å²) in [7, 11) is -4.81. The number of nitrogens with zero attached hydrogens (tertiary/aromatic N) is 4. The fourth-order valence-electron chi connectivity index (χ4n) is 2.74. The second-order valence-corrected chi connectivity index (χ2v) is 6.19. The first kappa shape index (κ1) is 16.6. The molecule has 2 aliphatic heterocycles. The molecule has 0 aliphatic carbocycles. The summed E-state index contributed by atoms with van der Waals surface area (Å²) < 4.78 is 44.5. The van der Waals surface area contributed by atoms with Crippen molar-refractivity contribution in [2.45, 2.75) is 31.8 Å². The third-order valence-electron chi connectivity index (χ3n) is 3.68. The Balaban J connectivity index is 1.78. The average Bonchev–Trinajstić information content (AvgIpc) is 3.08. The van der Waals surface area contributed by atoms with Crippen LogP contribution >= 0.6 is 0 Å². The van der Waals surface area contributed by atoms with E-state index in [9.17, 15) is 18.0 Å². The molecule has 0 saturated carbocycles. The highest BCUT2D eigenvalue weighted by atomic mass is 32.3. The van der Waals surface area contributed by atoms with E-state index in [4.69, 9.17) is 13.8 Å². The molecule has 2 saturated heterocycles. The Hall–Kier alpha value is -2.25. The van der Waals surface area contributed by atoms with E-state index in [-0.39, 0.29) is 24.9 Å². The number of hydroxylamine groups is 2. The number of aromatic nitrogens is 2. The maximum atomic E-state index is 12.3. The summed E-state index contributed by atoms with van der Waals surface area (Å²) in [6.45, 7) is 1.95. The van der Waals surface area contributed by atoms with Gasteiger partial charge < -0.3 is 14.2 Å². The van der Waals surface area contributed by atoms with Crippen molar-refractivity contribution in [2.24, 2.45) is 0 Å². The first-order valence-electron chi connectivity index (χ1n) is 7.07. The Morgan fingerprint density at radius 3 is 2.88 bits per heavy atom. The largest absolute Gasteiger partial charge is 0.460 e. The molecule has 3 rings (SSSR count). The monoisotopic (exact) mass is 362 g/mol. The lowest BCUT2D eigenvalue weighted by Gasteiger charge is -2.27. The van der Waals surface area contributed by atoms with Crippen LogP contribution in [-0.2, 0) is 19.4 Å². The van der Waals surface area contributed by atoms with Crippen molar-refractivity contribution in [1.82, 2.24) is 20.1 Å². The third kappa shape index (κ3) is 3.05. The highest BCUT2D eigenvalue weighted by Crippen LogP contribution is 2.38. The minimum atomic E-state index is -4.81. The summed E-state index contributed by atoms with van der Waals surface area (Å²) in [6, 6.07) is -1.90. The van der Waals surface area contributed by atoms with E-state index in [1.165, 1.54) is 4.90 Å². The molecular weight excluding hydrogens is 348 g/mol. The molecule has 1 N–H and O–H groups in total. The number of fused-ring (bicyclic) bond motifs is 2. The fraction of sp³-hybridized carbons (Fsp3) is 0.636. The topological polar surface area (TPSA) is 152 Å². The van der Waals surface area contributed by atoms with E-state index in [0.29, 0.717) is 17.9 Å². The SMILES string of the molecule is CCOC(=O)c1noc([C@@H]2CCC3CN2C(=O)N3OS(=O)(=O)O)n1. The summed E-state index contributed by atoms with van der Waals surface area (Å²) in [6.07, 6.45) is 0.783. The zero-order valence-corrected chi connectivity index (χ0v) is 13.3. The zero-order valence-electron chi connectivity index (χ0n) is 12.5. The van der Waals surface area contributed by atoms with Crippen LogP contribution in [0.25, 0.3) is 0 Å². The van der Waals surface area contributed by atoms with Crippen molar-refractivity contribution in [3.63, 3.8) is 0 Å². The van der Waals surface area contributed by atoms with Gasteiger partial charge in [0.1, 0.15) is 6.04 Å². The van der Waals surface area contributed by atoms with Crippen LogP contribution in [-0.4, -0.2) is 64.3 Å². The molecule has 2 atom stereocenters. The number of carbonyl (C=O) groups excluding carboxylic acids is 2. The predicted molar refractivity (Wildman–Crippen MR) is 72.6 cm³/mol. The van der Waals surface area contributed by atoms with Crippen LogP contribution in [0.2, 0.25) is 0 Å². The minimum absolute atomic E-state index is 0.0403. The van der Waals surface area contributed by atoms with Gasteiger partial charge in [0.15, 0.2) is 0 Å². The molecule has 12 nitrogen and oxygen atoms in total. The van der Waals surface area contributed by atoms with Crippen LogP contribution in [0.3, 0.4) is 0 Å². The first-order chi connectivity index (χ1) is 11.3. The third-order valence-corrected chi connectivity index (χ3v) is 4.03. The summed E-state index contributed by atoms with van der Waals surface area (Å²) in [5.41, 5.74) is 0. The summed E-state index contributed by atoms with van der Waals surface area (Å²) in [5, 5.41) is 4.13. The molecule has 1 unspecified atom stereocenters. The van der Waals surface area contributed by atoms with Crippen molar-refractivity contribution in [1.29, 1.82) is 0 Å². The molecular formula is C11H14N4O8S. The van der Waals surface area contributed by atoms with Gasteiger partial charge in [-0.1, -0.05) is 0 Å². The quantitative estimate of drug-likeness (QED) is 0.556. The van der Waals surface area contributed by atoms with E-state index in [1.54, 1.807) is 6.92 Å². The number of hydrogen-bond acceptors (Lipinski definition) is 9. The molecule has 1 aromatic heterocycles. The number of amides is 2. The summed E-state index contributed by atoms with van der Waals surface area (Å²) in [5.74, 6) is -0.963. The maximum Gasteiger partial charge on any atom is 0.418 e.